The van der Waals surface area contributed by atoms with Gasteiger partial charge in [0.15, 0.2) is 0 Å². The summed E-state index contributed by atoms with van der Waals surface area (Å²) in [5.41, 5.74) is 5.53. The molecule has 0 saturated heterocycles. The summed E-state index contributed by atoms with van der Waals surface area (Å²) in [5, 5.41) is 7.06. The molecule has 0 amide bonds. The van der Waals surface area contributed by atoms with E-state index in [0.717, 1.165) is 18.5 Å². The quantitative estimate of drug-likeness (QED) is 0.860. The van der Waals surface area contributed by atoms with Crippen LogP contribution in [-0.2, 0) is 0 Å². The summed E-state index contributed by atoms with van der Waals surface area (Å²) < 4.78 is 0. The molecule has 106 valence electrons. The average molecular weight is 260 g/mol. The zero-order chi connectivity index (χ0) is 13.8. The van der Waals surface area contributed by atoms with E-state index in [1.54, 1.807) is 0 Å². The van der Waals surface area contributed by atoms with Crippen molar-refractivity contribution < 1.29 is 0 Å². The van der Waals surface area contributed by atoms with Crippen molar-refractivity contribution >= 4 is 5.69 Å². The highest BCUT2D eigenvalue weighted by Gasteiger charge is 2.19. The number of anilines is 1. The Morgan fingerprint density at radius 1 is 1.00 bits per heavy atom. The summed E-state index contributed by atoms with van der Waals surface area (Å²) in [6, 6.07) is 5.21. The van der Waals surface area contributed by atoms with Crippen molar-refractivity contribution in [2.24, 2.45) is 5.92 Å². The van der Waals surface area contributed by atoms with Gasteiger partial charge in [-0.1, -0.05) is 6.07 Å². The van der Waals surface area contributed by atoms with E-state index in [1.807, 2.05) is 0 Å². The summed E-state index contributed by atoms with van der Waals surface area (Å²) >= 11 is 0. The lowest BCUT2D eigenvalue weighted by molar-refractivity contribution is 0.312. The van der Waals surface area contributed by atoms with E-state index >= 15 is 0 Å². The number of nitrogens with one attached hydrogen (secondary N) is 2. The average Bonchev–Trinajstić information content (AvgIpc) is 2.45. The first-order valence-electron chi connectivity index (χ1n) is 7.59. The van der Waals surface area contributed by atoms with Crippen LogP contribution in [0.15, 0.2) is 12.1 Å². The Hall–Kier alpha value is -1.02. The topological polar surface area (TPSA) is 24.1 Å². The molecule has 1 fully saturated rings. The lowest BCUT2D eigenvalue weighted by Gasteiger charge is -2.29. The molecule has 2 nitrogen and oxygen atoms in total. The van der Waals surface area contributed by atoms with Gasteiger partial charge >= 0.3 is 0 Å². The third-order valence-corrected chi connectivity index (χ3v) is 4.89. The lowest BCUT2D eigenvalue weighted by Crippen LogP contribution is -2.32. The molecule has 1 aliphatic carbocycles. The third kappa shape index (κ3) is 3.50. The van der Waals surface area contributed by atoms with Gasteiger partial charge in [-0.3, -0.25) is 0 Å². The summed E-state index contributed by atoms with van der Waals surface area (Å²) in [7, 11) is 2.09. The van der Waals surface area contributed by atoms with Crippen molar-refractivity contribution in [2.45, 2.75) is 52.5 Å². The molecule has 0 unspecified atom stereocenters. The maximum atomic E-state index is 3.66. The van der Waals surface area contributed by atoms with Gasteiger partial charge in [-0.25, -0.2) is 0 Å². The molecule has 1 aromatic carbocycles. The molecule has 2 heteroatoms. The first-order valence-corrected chi connectivity index (χ1v) is 7.59. The zero-order valence-corrected chi connectivity index (χ0v) is 12.8. The van der Waals surface area contributed by atoms with Crippen LogP contribution in [0.2, 0.25) is 0 Å². The highest BCUT2D eigenvalue weighted by Crippen LogP contribution is 2.26. The number of hydrogen-bond acceptors (Lipinski definition) is 2. The van der Waals surface area contributed by atoms with E-state index < -0.39 is 0 Å². The van der Waals surface area contributed by atoms with Crippen LogP contribution in [0, 0.1) is 26.7 Å². The van der Waals surface area contributed by atoms with Gasteiger partial charge in [0.1, 0.15) is 0 Å². The Labute approximate surface area is 118 Å². The van der Waals surface area contributed by atoms with Crippen LogP contribution in [0.25, 0.3) is 0 Å². The minimum absolute atomic E-state index is 0.750. The van der Waals surface area contributed by atoms with Crippen LogP contribution in [-0.4, -0.2) is 19.6 Å². The standard InChI is InChI=1S/C17H28N2/c1-12-5-10-17(14(3)13(12)2)19-11-15-6-8-16(18-4)9-7-15/h5,10,15-16,18-19H,6-9,11H2,1-4H3. The second-order valence-electron chi connectivity index (χ2n) is 6.07. The Bertz CT molecular complexity index is 418. The normalized spacial score (nSPS) is 23.4. The van der Waals surface area contributed by atoms with E-state index in [-0.39, 0.29) is 0 Å². The van der Waals surface area contributed by atoms with Crippen molar-refractivity contribution in [3.63, 3.8) is 0 Å². The smallest absolute Gasteiger partial charge is 0.0372 e. The number of benzene rings is 1. The summed E-state index contributed by atoms with van der Waals surface area (Å²) in [4.78, 5) is 0. The molecule has 0 bridgehead atoms. The molecule has 2 N–H and O–H groups in total. The molecule has 0 aliphatic heterocycles. The van der Waals surface area contributed by atoms with Gasteiger partial charge in [-0.05, 0) is 82.2 Å². The fraction of sp³-hybridized carbons (Fsp3) is 0.647. The fourth-order valence-electron chi connectivity index (χ4n) is 3.06. The van der Waals surface area contributed by atoms with E-state index in [4.69, 9.17) is 0 Å². The largest absolute Gasteiger partial charge is 0.385 e. The third-order valence-electron chi connectivity index (χ3n) is 4.89. The van der Waals surface area contributed by atoms with E-state index in [9.17, 15) is 0 Å². The minimum atomic E-state index is 0.750. The van der Waals surface area contributed by atoms with Crippen LogP contribution >= 0.6 is 0 Å². The van der Waals surface area contributed by atoms with Gasteiger partial charge in [0.25, 0.3) is 0 Å². The fourth-order valence-corrected chi connectivity index (χ4v) is 3.06. The van der Waals surface area contributed by atoms with E-state index in [1.165, 1.54) is 48.1 Å². The molecule has 2 rings (SSSR count). The minimum Gasteiger partial charge on any atom is -0.385 e. The summed E-state index contributed by atoms with van der Waals surface area (Å²) in [6.07, 6.45) is 5.36. The highest BCUT2D eigenvalue weighted by atomic mass is 14.9. The molecule has 1 aromatic rings. The maximum Gasteiger partial charge on any atom is 0.0372 e. The second-order valence-corrected chi connectivity index (χ2v) is 6.07. The first-order chi connectivity index (χ1) is 9.11. The van der Waals surface area contributed by atoms with Crippen LogP contribution < -0.4 is 10.6 Å². The van der Waals surface area contributed by atoms with Gasteiger partial charge in [-0.15, -0.1) is 0 Å². The molecule has 1 saturated carbocycles. The van der Waals surface area contributed by atoms with Crippen LogP contribution in [0.4, 0.5) is 5.69 Å². The number of aryl methyl sites for hydroxylation is 1. The van der Waals surface area contributed by atoms with Crippen LogP contribution in [0.5, 0.6) is 0 Å². The predicted octanol–water partition coefficient (Wildman–Crippen LogP) is 3.80. The SMILES string of the molecule is CNC1CCC(CNc2ccc(C)c(C)c2C)CC1. The molecule has 0 radical (unpaired) electrons. The van der Waals surface area contributed by atoms with Crippen molar-refractivity contribution in [3.8, 4) is 0 Å². The van der Waals surface area contributed by atoms with Crippen molar-refractivity contribution in [3.05, 3.63) is 28.8 Å². The lowest BCUT2D eigenvalue weighted by atomic mass is 9.86. The molecule has 1 aliphatic rings. The van der Waals surface area contributed by atoms with Gasteiger partial charge < -0.3 is 10.6 Å². The van der Waals surface area contributed by atoms with Gasteiger partial charge in [-0.2, -0.15) is 0 Å². The number of rotatable bonds is 4. The molecule has 0 heterocycles. The van der Waals surface area contributed by atoms with E-state index in [0.29, 0.717) is 0 Å². The Morgan fingerprint density at radius 2 is 1.68 bits per heavy atom. The van der Waals surface area contributed by atoms with E-state index in [2.05, 4.69) is 50.6 Å². The second kappa shape index (κ2) is 6.42. The Kier molecular flexibility index (Phi) is 4.87. The monoisotopic (exact) mass is 260 g/mol. The van der Waals surface area contributed by atoms with Gasteiger partial charge in [0, 0.05) is 18.3 Å². The molecular weight excluding hydrogens is 232 g/mol. The molecule has 0 aromatic heterocycles. The van der Waals surface area contributed by atoms with Crippen molar-refractivity contribution in [2.75, 3.05) is 18.9 Å². The Morgan fingerprint density at radius 3 is 2.32 bits per heavy atom. The molecule has 0 atom stereocenters. The number of hydrogen-bond donors (Lipinski definition) is 2. The first kappa shape index (κ1) is 14.4. The van der Waals surface area contributed by atoms with Crippen molar-refractivity contribution in [1.29, 1.82) is 0 Å². The van der Waals surface area contributed by atoms with Gasteiger partial charge in [0.2, 0.25) is 0 Å². The van der Waals surface area contributed by atoms with Crippen LogP contribution in [0.3, 0.4) is 0 Å². The molecule has 0 spiro atoms. The predicted molar refractivity (Wildman–Crippen MR) is 83.9 cm³/mol. The van der Waals surface area contributed by atoms with Gasteiger partial charge in [0.05, 0.1) is 0 Å². The summed E-state index contributed by atoms with van der Waals surface area (Å²) in [6.45, 7) is 7.75. The molecule has 19 heavy (non-hydrogen) atoms. The summed E-state index contributed by atoms with van der Waals surface area (Å²) in [5.74, 6) is 0.839. The van der Waals surface area contributed by atoms with Crippen molar-refractivity contribution in [1.82, 2.24) is 5.32 Å². The molecular formula is C17H28N2. The van der Waals surface area contributed by atoms with Crippen LogP contribution in [0.1, 0.15) is 42.4 Å². The highest BCUT2D eigenvalue weighted by molar-refractivity contribution is 5.55. The zero-order valence-electron chi connectivity index (χ0n) is 12.8. The Balaban J connectivity index is 1.88. The maximum absolute atomic E-state index is 3.66.